The van der Waals surface area contributed by atoms with Crippen LogP contribution in [0, 0.1) is 0 Å². The Morgan fingerprint density at radius 1 is 1.16 bits per heavy atom. The molecule has 3 heteroatoms. The molecule has 0 unspecified atom stereocenters. The molecule has 19 heavy (non-hydrogen) atoms. The minimum Gasteiger partial charge on any atom is -0.366 e. The van der Waals surface area contributed by atoms with Crippen LogP contribution in [-0.2, 0) is 5.41 Å². The zero-order valence-electron chi connectivity index (χ0n) is 11.8. The molecule has 2 N–H and O–H groups in total. The van der Waals surface area contributed by atoms with E-state index in [-0.39, 0.29) is 5.41 Å². The largest absolute Gasteiger partial charge is 0.366 e. The monoisotopic (exact) mass is 255 g/mol. The molecule has 3 nitrogen and oxygen atoms in total. The lowest BCUT2D eigenvalue weighted by Gasteiger charge is -2.18. The van der Waals surface area contributed by atoms with Crippen molar-refractivity contribution in [3.8, 4) is 11.3 Å². The molecule has 1 aliphatic rings. The summed E-state index contributed by atoms with van der Waals surface area (Å²) in [4.78, 5) is 0. The average Bonchev–Trinajstić information content (AvgIpc) is 3.04. The van der Waals surface area contributed by atoms with Gasteiger partial charge in [0, 0.05) is 12.1 Å². The van der Waals surface area contributed by atoms with Gasteiger partial charge >= 0.3 is 0 Å². The van der Waals surface area contributed by atoms with Gasteiger partial charge in [-0.05, 0) is 29.4 Å². The van der Waals surface area contributed by atoms with Crippen molar-refractivity contribution in [2.24, 2.45) is 0 Å². The quantitative estimate of drug-likeness (QED) is 0.872. The lowest BCUT2D eigenvalue weighted by Crippen LogP contribution is -2.10. The van der Waals surface area contributed by atoms with Gasteiger partial charge in [-0.15, -0.1) is 0 Å². The molecule has 1 aromatic heterocycles. The van der Waals surface area contributed by atoms with Gasteiger partial charge in [-0.3, -0.25) is 5.10 Å². The highest BCUT2D eigenvalue weighted by atomic mass is 15.2. The van der Waals surface area contributed by atoms with Crippen LogP contribution in [0.3, 0.4) is 0 Å². The van der Waals surface area contributed by atoms with Gasteiger partial charge < -0.3 is 5.32 Å². The Bertz CT molecular complexity index is 556. The number of rotatable bonds is 3. The third-order valence-corrected chi connectivity index (χ3v) is 3.57. The fourth-order valence-electron chi connectivity index (χ4n) is 2.13. The number of nitrogens with one attached hydrogen (secondary N) is 2. The number of hydrogen-bond acceptors (Lipinski definition) is 2. The van der Waals surface area contributed by atoms with E-state index < -0.39 is 0 Å². The topological polar surface area (TPSA) is 40.7 Å². The van der Waals surface area contributed by atoms with Gasteiger partial charge in [0.1, 0.15) is 5.82 Å². The smallest absolute Gasteiger partial charge is 0.148 e. The Morgan fingerprint density at radius 3 is 2.42 bits per heavy atom. The molecular formula is C16H21N3. The Balaban J connectivity index is 1.79. The number of hydrogen-bond donors (Lipinski definition) is 2. The Kier molecular flexibility index (Phi) is 2.85. The molecule has 1 aliphatic carbocycles. The maximum absolute atomic E-state index is 4.31. The molecule has 2 aromatic rings. The molecular weight excluding hydrogens is 234 g/mol. The van der Waals surface area contributed by atoms with Crippen LogP contribution < -0.4 is 5.32 Å². The number of aromatic nitrogens is 2. The highest BCUT2D eigenvalue weighted by Crippen LogP contribution is 2.28. The normalized spacial score (nSPS) is 15.5. The number of benzene rings is 1. The lowest BCUT2D eigenvalue weighted by molar-refractivity contribution is 0.590. The first-order valence-electron chi connectivity index (χ1n) is 6.95. The third-order valence-electron chi connectivity index (χ3n) is 3.57. The molecule has 100 valence electrons. The van der Waals surface area contributed by atoms with Crippen molar-refractivity contribution in [1.82, 2.24) is 10.2 Å². The van der Waals surface area contributed by atoms with Gasteiger partial charge in [-0.2, -0.15) is 5.10 Å². The van der Waals surface area contributed by atoms with E-state index in [4.69, 9.17) is 0 Å². The van der Waals surface area contributed by atoms with Crippen molar-refractivity contribution < 1.29 is 0 Å². The second-order valence-corrected chi connectivity index (χ2v) is 6.41. The van der Waals surface area contributed by atoms with Gasteiger partial charge in [0.25, 0.3) is 0 Å². The van der Waals surface area contributed by atoms with Gasteiger partial charge in [0.05, 0.1) is 5.69 Å². The van der Waals surface area contributed by atoms with E-state index in [1.54, 1.807) is 0 Å². The summed E-state index contributed by atoms with van der Waals surface area (Å²) in [5, 5.41) is 10.8. The van der Waals surface area contributed by atoms with Crippen LogP contribution in [-0.4, -0.2) is 16.2 Å². The fraction of sp³-hybridized carbons (Fsp3) is 0.438. The standard InChI is InChI=1S/C16H21N3/c1-16(2,3)12-6-4-11(5-7-12)14-10-15(19-18-14)17-13-8-9-13/h4-7,10,13H,8-9H2,1-3H3,(H2,17,18,19). The van der Waals surface area contributed by atoms with E-state index in [1.165, 1.54) is 24.0 Å². The van der Waals surface area contributed by atoms with Gasteiger partial charge in [-0.1, -0.05) is 45.0 Å². The molecule has 0 amide bonds. The van der Waals surface area contributed by atoms with Crippen molar-refractivity contribution in [2.45, 2.75) is 45.1 Å². The first kappa shape index (κ1) is 12.3. The molecule has 1 heterocycles. The molecule has 0 atom stereocenters. The summed E-state index contributed by atoms with van der Waals surface area (Å²) in [6, 6.07) is 11.4. The maximum Gasteiger partial charge on any atom is 0.148 e. The highest BCUT2D eigenvalue weighted by Gasteiger charge is 2.21. The minimum atomic E-state index is 0.200. The summed E-state index contributed by atoms with van der Waals surface area (Å²) >= 11 is 0. The molecule has 0 spiro atoms. The molecule has 3 rings (SSSR count). The zero-order valence-corrected chi connectivity index (χ0v) is 11.8. The highest BCUT2D eigenvalue weighted by molar-refractivity contribution is 5.63. The van der Waals surface area contributed by atoms with E-state index in [2.05, 4.69) is 66.6 Å². The van der Waals surface area contributed by atoms with E-state index in [9.17, 15) is 0 Å². The summed E-state index contributed by atoms with van der Waals surface area (Å²) in [5.41, 5.74) is 3.81. The van der Waals surface area contributed by atoms with Gasteiger partial charge in [0.15, 0.2) is 0 Å². The number of nitrogens with zero attached hydrogens (tertiary/aromatic N) is 1. The van der Waals surface area contributed by atoms with Crippen LogP contribution in [0.2, 0.25) is 0 Å². The summed E-state index contributed by atoms with van der Waals surface area (Å²) in [5.74, 6) is 0.956. The second kappa shape index (κ2) is 4.41. The summed E-state index contributed by atoms with van der Waals surface area (Å²) in [6.45, 7) is 6.70. The van der Waals surface area contributed by atoms with Crippen molar-refractivity contribution in [3.63, 3.8) is 0 Å². The lowest BCUT2D eigenvalue weighted by atomic mass is 9.86. The van der Waals surface area contributed by atoms with Crippen LogP contribution in [0.15, 0.2) is 30.3 Å². The molecule has 0 aliphatic heterocycles. The number of aromatic amines is 1. The molecule has 1 aromatic carbocycles. The predicted octanol–water partition coefficient (Wildman–Crippen LogP) is 3.95. The second-order valence-electron chi connectivity index (χ2n) is 6.41. The summed E-state index contributed by atoms with van der Waals surface area (Å²) in [7, 11) is 0. The number of anilines is 1. The molecule has 1 fully saturated rings. The third kappa shape index (κ3) is 2.80. The number of H-pyrrole nitrogens is 1. The predicted molar refractivity (Wildman–Crippen MR) is 79.4 cm³/mol. The average molecular weight is 255 g/mol. The van der Waals surface area contributed by atoms with E-state index >= 15 is 0 Å². The molecule has 0 radical (unpaired) electrons. The van der Waals surface area contributed by atoms with E-state index in [1.807, 2.05) is 0 Å². The summed E-state index contributed by atoms with van der Waals surface area (Å²) in [6.07, 6.45) is 2.53. The van der Waals surface area contributed by atoms with E-state index in [0.717, 1.165) is 11.5 Å². The molecule has 0 saturated heterocycles. The Hall–Kier alpha value is -1.77. The van der Waals surface area contributed by atoms with Crippen LogP contribution in [0.1, 0.15) is 39.2 Å². The van der Waals surface area contributed by atoms with Crippen LogP contribution >= 0.6 is 0 Å². The Labute approximate surface area is 114 Å². The first-order chi connectivity index (χ1) is 9.02. The van der Waals surface area contributed by atoms with E-state index in [0.29, 0.717) is 6.04 Å². The SMILES string of the molecule is CC(C)(C)c1ccc(-c2cc(NC3CC3)n[nH]2)cc1. The summed E-state index contributed by atoms with van der Waals surface area (Å²) < 4.78 is 0. The van der Waals surface area contributed by atoms with Gasteiger partial charge in [0.2, 0.25) is 0 Å². The van der Waals surface area contributed by atoms with Crippen molar-refractivity contribution in [1.29, 1.82) is 0 Å². The van der Waals surface area contributed by atoms with Crippen molar-refractivity contribution in [2.75, 3.05) is 5.32 Å². The van der Waals surface area contributed by atoms with Crippen LogP contribution in [0.5, 0.6) is 0 Å². The molecule has 0 bridgehead atoms. The fourth-order valence-corrected chi connectivity index (χ4v) is 2.13. The molecule has 1 saturated carbocycles. The van der Waals surface area contributed by atoms with Crippen molar-refractivity contribution >= 4 is 5.82 Å². The van der Waals surface area contributed by atoms with Crippen molar-refractivity contribution in [3.05, 3.63) is 35.9 Å². The first-order valence-corrected chi connectivity index (χ1v) is 6.95. The van der Waals surface area contributed by atoms with Crippen LogP contribution in [0.4, 0.5) is 5.82 Å². The maximum atomic E-state index is 4.31. The zero-order chi connectivity index (χ0) is 13.5. The van der Waals surface area contributed by atoms with Gasteiger partial charge in [-0.25, -0.2) is 0 Å². The minimum absolute atomic E-state index is 0.200. The van der Waals surface area contributed by atoms with Crippen LogP contribution in [0.25, 0.3) is 11.3 Å². The Morgan fingerprint density at radius 2 is 1.84 bits per heavy atom.